The highest BCUT2D eigenvalue weighted by molar-refractivity contribution is 5.67. The second-order valence-electron chi connectivity index (χ2n) is 4.54. The van der Waals surface area contributed by atoms with Gasteiger partial charge >= 0.3 is 5.97 Å². The molecule has 0 aliphatic heterocycles. The summed E-state index contributed by atoms with van der Waals surface area (Å²) in [5.74, 6) is -0.860. The van der Waals surface area contributed by atoms with Gasteiger partial charge in [-0.15, -0.1) is 0 Å². The zero-order valence-electron chi connectivity index (χ0n) is 8.22. The summed E-state index contributed by atoms with van der Waals surface area (Å²) in [5, 5.41) is 17.7. The van der Waals surface area contributed by atoms with Gasteiger partial charge in [0.1, 0.15) is 0 Å². The fourth-order valence-corrected chi connectivity index (χ4v) is 0.892. The highest BCUT2D eigenvalue weighted by Crippen LogP contribution is 2.40. The Labute approximate surface area is 73.4 Å². The highest BCUT2D eigenvalue weighted by atomic mass is 16.4. The summed E-state index contributed by atoms with van der Waals surface area (Å²) in [6.45, 7) is 7.51. The van der Waals surface area contributed by atoms with Crippen molar-refractivity contribution in [3.63, 3.8) is 0 Å². The maximum absolute atomic E-state index is 10.5. The Kier molecular flexibility index (Phi) is 3.27. The summed E-state index contributed by atoms with van der Waals surface area (Å²) in [5.41, 5.74) is -0.737. The number of carbonyl (C=O) groups is 1. The number of carboxylic acid groups (broad SMARTS) is 1. The Hall–Kier alpha value is -0.570. The van der Waals surface area contributed by atoms with Crippen molar-refractivity contribution in [3.05, 3.63) is 0 Å². The van der Waals surface area contributed by atoms with Crippen LogP contribution in [0.15, 0.2) is 0 Å². The van der Waals surface area contributed by atoms with Crippen LogP contribution in [-0.4, -0.2) is 22.8 Å². The van der Waals surface area contributed by atoms with Crippen LogP contribution in [0.2, 0.25) is 0 Å². The SMILES string of the molecule is CC(C)(C)C(C)(CO)CC(=O)O. The highest BCUT2D eigenvalue weighted by Gasteiger charge is 2.38. The molecule has 0 spiro atoms. The summed E-state index contributed by atoms with van der Waals surface area (Å²) in [4.78, 5) is 10.5. The summed E-state index contributed by atoms with van der Waals surface area (Å²) < 4.78 is 0. The van der Waals surface area contributed by atoms with Crippen molar-refractivity contribution in [3.8, 4) is 0 Å². The molecule has 0 amide bonds. The van der Waals surface area contributed by atoms with E-state index in [0.29, 0.717) is 0 Å². The van der Waals surface area contributed by atoms with Gasteiger partial charge in [-0.25, -0.2) is 0 Å². The Morgan fingerprint density at radius 3 is 1.75 bits per heavy atom. The van der Waals surface area contributed by atoms with Crippen LogP contribution in [0.5, 0.6) is 0 Å². The van der Waals surface area contributed by atoms with Crippen LogP contribution in [-0.2, 0) is 4.79 Å². The van der Waals surface area contributed by atoms with Crippen LogP contribution in [0.25, 0.3) is 0 Å². The predicted octanol–water partition coefficient (Wildman–Crippen LogP) is 1.51. The van der Waals surface area contributed by atoms with E-state index in [1.165, 1.54) is 0 Å². The van der Waals surface area contributed by atoms with Gasteiger partial charge in [0, 0.05) is 12.0 Å². The molecule has 3 heteroatoms. The molecule has 0 aromatic rings. The van der Waals surface area contributed by atoms with Crippen LogP contribution in [0, 0.1) is 10.8 Å². The standard InChI is InChI=1S/C9H18O3/c1-8(2,3)9(4,6-10)5-7(11)12/h10H,5-6H2,1-4H3,(H,11,12). The van der Waals surface area contributed by atoms with Gasteiger partial charge in [-0.05, 0) is 5.41 Å². The van der Waals surface area contributed by atoms with E-state index >= 15 is 0 Å². The fraction of sp³-hybridized carbons (Fsp3) is 0.889. The molecule has 0 fully saturated rings. The van der Waals surface area contributed by atoms with Gasteiger partial charge in [-0.3, -0.25) is 4.79 Å². The zero-order valence-corrected chi connectivity index (χ0v) is 8.22. The minimum Gasteiger partial charge on any atom is -0.481 e. The molecule has 0 aliphatic rings. The molecule has 0 aliphatic carbocycles. The number of aliphatic hydroxyl groups is 1. The van der Waals surface area contributed by atoms with Crippen LogP contribution in [0.1, 0.15) is 34.1 Å². The van der Waals surface area contributed by atoms with Crippen molar-refractivity contribution in [2.75, 3.05) is 6.61 Å². The van der Waals surface area contributed by atoms with E-state index in [1.807, 2.05) is 20.8 Å². The van der Waals surface area contributed by atoms with Crippen molar-refractivity contribution < 1.29 is 15.0 Å². The smallest absolute Gasteiger partial charge is 0.304 e. The second-order valence-corrected chi connectivity index (χ2v) is 4.54. The molecule has 72 valence electrons. The third-order valence-electron chi connectivity index (χ3n) is 2.70. The number of hydrogen-bond acceptors (Lipinski definition) is 2. The molecule has 0 bridgehead atoms. The summed E-state index contributed by atoms with van der Waals surface area (Å²) in [6.07, 6.45) is 0.00694. The van der Waals surface area contributed by atoms with Gasteiger partial charge in [0.2, 0.25) is 0 Å². The summed E-state index contributed by atoms with van der Waals surface area (Å²) >= 11 is 0. The number of aliphatic carboxylic acids is 1. The average Bonchev–Trinajstić information content (AvgIpc) is 1.83. The van der Waals surface area contributed by atoms with Crippen molar-refractivity contribution >= 4 is 5.97 Å². The van der Waals surface area contributed by atoms with Crippen molar-refractivity contribution in [2.24, 2.45) is 10.8 Å². The van der Waals surface area contributed by atoms with Gasteiger partial charge in [0.05, 0.1) is 6.42 Å². The van der Waals surface area contributed by atoms with E-state index in [-0.39, 0.29) is 18.4 Å². The van der Waals surface area contributed by atoms with Crippen LogP contribution in [0.3, 0.4) is 0 Å². The molecule has 0 saturated heterocycles. The molecule has 12 heavy (non-hydrogen) atoms. The first-order valence-corrected chi connectivity index (χ1v) is 4.05. The lowest BCUT2D eigenvalue weighted by Crippen LogP contribution is -2.38. The van der Waals surface area contributed by atoms with Crippen molar-refractivity contribution in [2.45, 2.75) is 34.1 Å². The largest absolute Gasteiger partial charge is 0.481 e. The van der Waals surface area contributed by atoms with E-state index in [4.69, 9.17) is 10.2 Å². The van der Waals surface area contributed by atoms with Crippen molar-refractivity contribution in [1.82, 2.24) is 0 Å². The maximum atomic E-state index is 10.5. The van der Waals surface area contributed by atoms with Crippen molar-refractivity contribution in [1.29, 1.82) is 0 Å². The first-order chi connectivity index (χ1) is 5.23. The normalized spacial score (nSPS) is 17.1. The first kappa shape index (κ1) is 11.4. The lowest BCUT2D eigenvalue weighted by Gasteiger charge is -2.39. The van der Waals surface area contributed by atoms with Crippen LogP contribution >= 0.6 is 0 Å². The third-order valence-corrected chi connectivity index (χ3v) is 2.70. The van der Waals surface area contributed by atoms with E-state index in [9.17, 15) is 4.79 Å². The van der Waals surface area contributed by atoms with Gasteiger partial charge in [0.25, 0.3) is 0 Å². The molecule has 1 unspecified atom stereocenters. The first-order valence-electron chi connectivity index (χ1n) is 4.05. The Morgan fingerprint density at radius 2 is 1.67 bits per heavy atom. The summed E-state index contributed by atoms with van der Waals surface area (Å²) in [6, 6.07) is 0. The quantitative estimate of drug-likeness (QED) is 0.681. The monoisotopic (exact) mass is 174 g/mol. The topological polar surface area (TPSA) is 57.5 Å². The maximum Gasteiger partial charge on any atom is 0.304 e. The minimum absolute atomic E-state index is 0.00694. The van der Waals surface area contributed by atoms with Crippen LogP contribution < -0.4 is 0 Å². The van der Waals surface area contributed by atoms with E-state index in [0.717, 1.165) is 0 Å². The number of rotatable bonds is 3. The summed E-state index contributed by atoms with van der Waals surface area (Å²) in [7, 11) is 0. The molecule has 0 saturated carbocycles. The Bertz CT molecular complexity index is 169. The second kappa shape index (κ2) is 3.44. The van der Waals surface area contributed by atoms with Gasteiger partial charge in [-0.2, -0.15) is 0 Å². The lowest BCUT2D eigenvalue weighted by atomic mass is 9.66. The molecule has 0 aromatic heterocycles. The minimum atomic E-state index is -0.860. The molecular formula is C9H18O3. The Morgan fingerprint density at radius 1 is 1.25 bits per heavy atom. The fourth-order valence-electron chi connectivity index (χ4n) is 0.892. The molecule has 2 N–H and O–H groups in total. The number of hydrogen-bond donors (Lipinski definition) is 2. The Balaban J connectivity index is 4.56. The molecule has 0 aromatic carbocycles. The van der Waals surface area contributed by atoms with Crippen LogP contribution in [0.4, 0.5) is 0 Å². The molecule has 3 nitrogen and oxygen atoms in total. The third kappa shape index (κ3) is 2.48. The molecule has 0 heterocycles. The lowest BCUT2D eigenvalue weighted by molar-refractivity contribution is -0.143. The molecule has 1 atom stereocenters. The zero-order chi connectivity index (χ0) is 9.99. The van der Waals surface area contributed by atoms with Gasteiger partial charge in [0.15, 0.2) is 0 Å². The molecule has 0 rings (SSSR count). The van der Waals surface area contributed by atoms with Gasteiger partial charge < -0.3 is 10.2 Å². The number of aliphatic hydroxyl groups excluding tert-OH is 1. The number of carboxylic acids is 1. The molecular weight excluding hydrogens is 156 g/mol. The van der Waals surface area contributed by atoms with E-state index < -0.39 is 11.4 Å². The van der Waals surface area contributed by atoms with Gasteiger partial charge in [-0.1, -0.05) is 27.7 Å². The van der Waals surface area contributed by atoms with E-state index in [1.54, 1.807) is 6.92 Å². The molecule has 0 radical (unpaired) electrons. The predicted molar refractivity (Wildman–Crippen MR) is 46.9 cm³/mol. The average molecular weight is 174 g/mol. The van der Waals surface area contributed by atoms with E-state index in [2.05, 4.69) is 0 Å².